The van der Waals surface area contributed by atoms with E-state index in [4.69, 9.17) is 4.74 Å². The lowest BCUT2D eigenvalue weighted by molar-refractivity contribution is -0.384. The Balaban J connectivity index is 1.70. The van der Waals surface area contributed by atoms with E-state index < -0.39 is 64.4 Å². The van der Waals surface area contributed by atoms with Crippen LogP contribution in [0.25, 0.3) is 0 Å². The molecule has 0 aliphatic carbocycles. The summed E-state index contributed by atoms with van der Waals surface area (Å²) >= 11 is 0. The van der Waals surface area contributed by atoms with Crippen LogP contribution >= 0.6 is 0 Å². The summed E-state index contributed by atoms with van der Waals surface area (Å²) in [6.07, 6.45) is -7.63. The molecule has 0 radical (unpaired) electrons. The average molecular weight is 445 g/mol. The van der Waals surface area contributed by atoms with Crippen LogP contribution in [0.4, 0.5) is 23.7 Å². The maximum absolute atomic E-state index is 13.2. The number of ether oxygens (including phenoxy) is 2. The number of ketones is 1. The molecule has 0 saturated carbocycles. The first-order valence-corrected chi connectivity index (χ1v) is 8.66. The number of methoxy groups -OCH3 is 1. The van der Waals surface area contributed by atoms with E-state index in [1.54, 1.807) is 0 Å². The molecular weight excluding hydrogens is 431 g/mol. The number of halogens is 3. The van der Waals surface area contributed by atoms with E-state index in [1.807, 2.05) is 0 Å². The number of hydrogen-bond acceptors (Lipinski definition) is 8. The second-order valence-electron chi connectivity index (χ2n) is 6.67. The summed E-state index contributed by atoms with van der Waals surface area (Å²) in [5, 5.41) is 10.6. The van der Waals surface area contributed by atoms with Crippen molar-refractivity contribution in [1.82, 2.24) is 9.80 Å². The van der Waals surface area contributed by atoms with E-state index in [2.05, 4.69) is 4.74 Å². The fourth-order valence-electron chi connectivity index (χ4n) is 3.50. The molecule has 2 aliphatic heterocycles. The summed E-state index contributed by atoms with van der Waals surface area (Å²) in [7, 11) is 0.708. The van der Waals surface area contributed by atoms with Gasteiger partial charge in [0.05, 0.1) is 18.1 Å². The number of carbonyl (C=O) groups is 4. The minimum atomic E-state index is -5.24. The molecule has 11 nitrogen and oxygen atoms in total. The first-order valence-electron chi connectivity index (χ1n) is 8.66. The van der Waals surface area contributed by atoms with Crippen LogP contribution in [0.2, 0.25) is 0 Å². The smallest absolute Gasteiger partial charge is 0.459 e. The number of alkyl halides is 3. The number of β-lactam (4-membered cyclic amide) rings is 1. The predicted molar refractivity (Wildman–Crippen MR) is 91.0 cm³/mol. The normalized spacial score (nSPS) is 22.5. The molecule has 3 unspecified atom stereocenters. The summed E-state index contributed by atoms with van der Waals surface area (Å²) in [4.78, 5) is 58.4. The number of hydrogen-bond donors (Lipinski definition) is 0. The van der Waals surface area contributed by atoms with E-state index in [0.29, 0.717) is 17.6 Å². The highest BCUT2D eigenvalue weighted by Crippen LogP contribution is 2.40. The molecule has 0 bridgehead atoms. The zero-order valence-corrected chi connectivity index (χ0v) is 15.7. The molecule has 2 amide bonds. The van der Waals surface area contributed by atoms with Crippen molar-refractivity contribution in [2.75, 3.05) is 7.11 Å². The van der Waals surface area contributed by atoms with Gasteiger partial charge in [-0.2, -0.15) is 0 Å². The van der Waals surface area contributed by atoms with Crippen LogP contribution in [0.1, 0.15) is 12.0 Å². The van der Waals surface area contributed by atoms with Crippen LogP contribution in [-0.2, 0) is 30.5 Å². The lowest BCUT2D eigenvalue weighted by atomic mass is 9.94. The maximum atomic E-state index is 13.2. The van der Waals surface area contributed by atoms with Gasteiger partial charge in [-0.15, -0.1) is 13.2 Å². The number of benzene rings is 1. The molecule has 3 atom stereocenters. The Morgan fingerprint density at radius 2 is 1.87 bits per heavy atom. The number of carbonyl (C=O) groups excluding carboxylic acids is 4. The number of esters is 1. The number of Topliss-reactive ketones (excluding diaryl/α,β-unsaturated/α-hetero) is 1. The van der Waals surface area contributed by atoms with E-state index >= 15 is 0 Å². The predicted octanol–water partition coefficient (Wildman–Crippen LogP) is 1.15. The van der Waals surface area contributed by atoms with Gasteiger partial charge >= 0.3 is 18.4 Å². The Labute approximate surface area is 171 Å². The third-order valence-corrected chi connectivity index (χ3v) is 4.90. The Morgan fingerprint density at radius 1 is 1.26 bits per heavy atom. The number of nitrogens with zero attached hydrogens (tertiary/aromatic N) is 3. The van der Waals surface area contributed by atoms with Crippen LogP contribution in [0, 0.1) is 10.1 Å². The van der Waals surface area contributed by atoms with Crippen molar-refractivity contribution in [3.63, 3.8) is 0 Å². The fraction of sp³-hybridized carbons (Fsp3) is 0.412. The molecule has 0 aromatic heterocycles. The van der Waals surface area contributed by atoms with Crippen molar-refractivity contribution in [2.45, 2.75) is 37.5 Å². The van der Waals surface area contributed by atoms with E-state index in [-0.39, 0.29) is 12.3 Å². The SMILES string of the molecule is COC(=O)N(C1C(=O)N2C(C(=O)OCc3ccc([N+](=O)[O-])cc3)C(=O)CC12)C(F)(F)F. The van der Waals surface area contributed by atoms with Gasteiger partial charge in [0, 0.05) is 18.6 Å². The summed E-state index contributed by atoms with van der Waals surface area (Å²) in [5.41, 5.74) is 0.156. The molecule has 2 aliphatic rings. The van der Waals surface area contributed by atoms with Crippen LogP contribution in [0.5, 0.6) is 0 Å². The summed E-state index contributed by atoms with van der Waals surface area (Å²) < 4.78 is 48.8. The van der Waals surface area contributed by atoms with Gasteiger partial charge in [0.15, 0.2) is 11.8 Å². The molecule has 2 heterocycles. The molecule has 0 N–H and O–H groups in total. The fourth-order valence-corrected chi connectivity index (χ4v) is 3.50. The Bertz CT molecular complexity index is 949. The number of nitro benzene ring substituents is 1. The summed E-state index contributed by atoms with van der Waals surface area (Å²) in [6, 6.07) is -0.148. The number of rotatable bonds is 5. The molecule has 1 aromatic carbocycles. The van der Waals surface area contributed by atoms with Gasteiger partial charge < -0.3 is 14.4 Å². The summed E-state index contributed by atoms with van der Waals surface area (Å²) in [5.74, 6) is -3.23. The third kappa shape index (κ3) is 3.87. The third-order valence-electron chi connectivity index (χ3n) is 4.90. The van der Waals surface area contributed by atoms with Crippen LogP contribution < -0.4 is 0 Å². The Hall–Kier alpha value is -3.71. The largest absolute Gasteiger partial charge is 0.490 e. The van der Waals surface area contributed by atoms with Gasteiger partial charge in [0.1, 0.15) is 12.6 Å². The molecule has 31 heavy (non-hydrogen) atoms. The minimum Gasteiger partial charge on any atom is -0.459 e. The van der Waals surface area contributed by atoms with Gasteiger partial charge in [-0.1, -0.05) is 0 Å². The molecule has 0 spiro atoms. The second kappa shape index (κ2) is 7.85. The van der Waals surface area contributed by atoms with E-state index in [0.717, 1.165) is 0 Å². The van der Waals surface area contributed by atoms with Gasteiger partial charge in [0.2, 0.25) is 5.91 Å². The van der Waals surface area contributed by atoms with Crippen molar-refractivity contribution < 1.29 is 46.7 Å². The molecule has 3 rings (SSSR count). The summed E-state index contributed by atoms with van der Waals surface area (Å²) in [6.45, 7) is -0.381. The molecule has 2 saturated heterocycles. The maximum Gasteiger partial charge on any atom is 0.490 e. The standard InChI is InChI=1S/C17H14F3N3O8/c1-30-16(27)22(17(18,19)20)12-10-6-11(24)13(21(10)14(12)25)15(26)31-7-8-2-4-9(5-3-8)23(28)29/h2-5,10,12-13H,6-7H2,1H3. The van der Waals surface area contributed by atoms with Gasteiger partial charge in [-0.3, -0.25) is 19.7 Å². The van der Waals surface area contributed by atoms with Crippen LogP contribution in [0.3, 0.4) is 0 Å². The van der Waals surface area contributed by atoms with E-state index in [1.165, 1.54) is 24.3 Å². The molecule has 1 aromatic rings. The molecule has 166 valence electrons. The second-order valence-corrected chi connectivity index (χ2v) is 6.67. The quantitative estimate of drug-likeness (QED) is 0.164. The zero-order valence-electron chi connectivity index (χ0n) is 15.7. The Kier molecular flexibility index (Phi) is 5.57. The first kappa shape index (κ1) is 22.0. The monoisotopic (exact) mass is 445 g/mol. The number of fused-ring (bicyclic) bond motifs is 1. The van der Waals surface area contributed by atoms with Crippen molar-refractivity contribution in [2.24, 2.45) is 0 Å². The number of non-ortho nitro benzene ring substituents is 1. The van der Waals surface area contributed by atoms with Gasteiger partial charge in [0.25, 0.3) is 5.69 Å². The minimum absolute atomic E-state index is 0.194. The molecular formula is C17H14F3N3O8. The van der Waals surface area contributed by atoms with Crippen molar-refractivity contribution >= 4 is 29.4 Å². The first-order chi connectivity index (χ1) is 14.5. The highest BCUT2D eigenvalue weighted by atomic mass is 19.4. The van der Waals surface area contributed by atoms with Crippen molar-refractivity contribution in [1.29, 1.82) is 0 Å². The average Bonchev–Trinajstić information content (AvgIpc) is 3.02. The molecule has 2 fully saturated rings. The lowest BCUT2D eigenvalue weighted by Crippen LogP contribution is -2.73. The highest BCUT2D eigenvalue weighted by molar-refractivity contribution is 6.12. The van der Waals surface area contributed by atoms with Crippen molar-refractivity contribution in [3.8, 4) is 0 Å². The van der Waals surface area contributed by atoms with Crippen molar-refractivity contribution in [3.05, 3.63) is 39.9 Å². The van der Waals surface area contributed by atoms with Gasteiger partial charge in [-0.05, 0) is 17.7 Å². The van der Waals surface area contributed by atoms with E-state index in [9.17, 15) is 42.5 Å². The zero-order chi connectivity index (χ0) is 23.1. The van der Waals surface area contributed by atoms with Gasteiger partial charge in [-0.25, -0.2) is 14.5 Å². The van der Waals surface area contributed by atoms with Crippen LogP contribution in [-0.4, -0.2) is 70.0 Å². The highest BCUT2D eigenvalue weighted by Gasteiger charge is 2.66. The number of amides is 2. The lowest BCUT2D eigenvalue weighted by Gasteiger charge is -2.47. The number of nitro groups is 1. The van der Waals surface area contributed by atoms with Crippen LogP contribution in [0.15, 0.2) is 24.3 Å². The topological polar surface area (TPSA) is 136 Å². The molecule has 14 heteroatoms. The Morgan fingerprint density at radius 3 is 2.39 bits per heavy atom.